The van der Waals surface area contributed by atoms with E-state index in [9.17, 15) is 31.1 Å². The molecule has 5 nitrogen and oxygen atoms in total. The molecule has 0 saturated heterocycles. The van der Waals surface area contributed by atoms with Gasteiger partial charge in [-0.3, -0.25) is 4.90 Å². The molecule has 0 aliphatic rings. The third-order valence-corrected chi connectivity index (χ3v) is 7.01. The minimum atomic E-state index is -4.78. The fourth-order valence-electron chi connectivity index (χ4n) is 3.94. The molecule has 0 fully saturated rings. The Labute approximate surface area is 214 Å². The summed E-state index contributed by atoms with van der Waals surface area (Å²) in [5.41, 5.74) is -0.0128. The summed E-state index contributed by atoms with van der Waals surface area (Å²) in [6, 6.07) is 17.3. The Morgan fingerprint density at radius 2 is 1.68 bits per heavy atom. The van der Waals surface area contributed by atoms with Crippen LogP contribution >= 0.6 is 0 Å². The molecule has 10 heteroatoms. The lowest BCUT2D eigenvalue weighted by molar-refractivity contribution is -0.140. The number of nitrogens with zero attached hydrogens (tertiary/aromatic N) is 1. The van der Waals surface area contributed by atoms with E-state index < -0.39 is 34.0 Å². The second kappa shape index (κ2) is 12.5. The molecule has 37 heavy (non-hydrogen) atoms. The first-order chi connectivity index (χ1) is 17.5. The molecule has 3 aromatic carbocycles. The average molecular weight is 540 g/mol. The van der Waals surface area contributed by atoms with E-state index in [-0.39, 0.29) is 29.2 Å². The van der Waals surface area contributed by atoms with Gasteiger partial charge in [0.2, 0.25) is 0 Å². The van der Waals surface area contributed by atoms with Crippen molar-refractivity contribution in [1.82, 2.24) is 4.90 Å². The van der Waals surface area contributed by atoms with Gasteiger partial charge >= 0.3 is 6.18 Å². The molecule has 0 unspecified atom stereocenters. The van der Waals surface area contributed by atoms with Gasteiger partial charge in [0.1, 0.15) is 11.6 Å². The van der Waals surface area contributed by atoms with Crippen LogP contribution in [0.4, 0.5) is 17.6 Å². The Bertz CT molecular complexity index is 1280. The number of alkyl halides is 3. The van der Waals surface area contributed by atoms with Gasteiger partial charge in [-0.1, -0.05) is 48.5 Å². The van der Waals surface area contributed by atoms with E-state index in [4.69, 9.17) is 4.74 Å². The van der Waals surface area contributed by atoms with E-state index in [1.54, 1.807) is 6.07 Å². The highest BCUT2D eigenvalue weighted by molar-refractivity contribution is 7.90. The molecule has 200 valence electrons. The number of aliphatic hydroxyl groups is 1. The van der Waals surface area contributed by atoms with E-state index in [0.29, 0.717) is 31.7 Å². The van der Waals surface area contributed by atoms with Gasteiger partial charge in [0.15, 0.2) is 9.84 Å². The minimum Gasteiger partial charge on any atom is -0.494 e. The van der Waals surface area contributed by atoms with Crippen molar-refractivity contribution in [2.24, 2.45) is 0 Å². The molecule has 0 radical (unpaired) electrons. The van der Waals surface area contributed by atoms with Gasteiger partial charge in [-0.25, -0.2) is 12.8 Å². The monoisotopic (exact) mass is 539 g/mol. The molecule has 0 amide bonds. The molecular formula is C27H29F4NO4S. The smallest absolute Gasteiger partial charge is 0.419 e. The van der Waals surface area contributed by atoms with Crippen molar-refractivity contribution in [3.63, 3.8) is 0 Å². The molecule has 0 atom stereocenters. The Morgan fingerprint density at radius 3 is 2.32 bits per heavy atom. The van der Waals surface area contributed by atoms with Crippen LogP contribution in [0, 0.1) is 5.82 Å². The predicted molar refractivity (Wildman–Crippen MR) is 132 cm³/mol. The molecule has 0 heterocycles. The summed E-state index contributed by atoms with van der Waals surface area (Å²) in [5.74, 6) is -0.953. The van der Waals surface area contributed by atoms with E-state index in [1.807, 2.05) is 35.2 Å². The third-order valence-electron chi connectivity index (χ3n) is 5.83. The first-order valence-electron chi connectivity index (χ1n) is 11.7. The zero-order valence-corrected chi connectivity index (χ0v) is 21.2. The molecule has 0 aromatic heterocycles. The predicted octanol–water partition coefficient (Wildman–Crippen LogP) is 5.25. The number of rotatable bonds is 12. The molecule has 0 bridgehead atoms. The summed E-state index contributed by atoms with van der Waals surface area (Å²) >= 11 is 0. The van der Waals surface area contributed by atoms with Crippen LogP contribution in [0.1, 0.15) is 28.7 Å². The number of sulfone groups is 1. The Hall–Kier alpha value is -2.95. The highest BCUT2D eigenvalue weighted by Crippen LogP contribution is 2.32. The molecule has 0 aliphatic heterocycles. The number of hydrogen-bond donors (Lipinski definition) is 1. The summed E-state index contributed by atoms with van der Waals surface area (Å²) in [5, 5.41) is 9.38. The second-order valence-electron chi connectivity index (χ2n) is 8.69. The van der Waals surface area contributed by atoms with Crippen molar-refractivity contribution < 1.29 is 35.8 Å². The minimum absolute atomic E-state index is 0.00793. The van der Waals surface area contributed by atoms with Gasteiger partial charge in [-0.15, -0.1) is 0 Å². The van der Waals surface area contributed by atoms with Crippen molar-refractivity contribution in [2.75, 3.05) is 26.0 Å². The zero-order valence-electron chi connectivity index (χ0n) is 20.3. The second-order valence-corrected chi connectivity index (χ2v) is 10.7. The molecule has 3 aromatic rings. The first kappa shape index (κ1) is 28.6. The van der Waals surface area contributed by atoms with Crippen molar-refractivity contribution in [2.45, 2.75) is 37.1 Å². The molecule has 3 rings (SSSR count). The number of aliphatic hydroxyl groups excluding tert-OH is 1. The highest BCUT2D eigenvalue weighted by atomic mass is 32.2. The Morgan fingerprint density at radius 1 is 0.946 bits per heavy atom. The van der Waals surface area contributed by atoms with E-state index >= 15 is 0 Å². The SMILES string of the molecule is CS(=O)(=O)c1cc(OCCCN(CCc2ccccc2)Cc2cccc(C(F)(F)F)c2F)ccc1CO. The van der Waals surface area contributed by atoms with Crippen LogP contribution < -0.4 is 4.74 Å². The van der Waals surface area contributed by atoms with Crippen molar-refractivity contribution in [3.05, 3.63) is 94.8 Å². The van der Waals surface area contributed by atoms with E-state index in [2.05, 4.69) is 0 Å². The summed E-state index contributed by atoms with van der Waals surface area (Å²) in [7, 11) is -3.56. The maximum atomic E-state index is 14.7. The number of hydrogen-bond acceptors (Lipinski definition) is 5. The quantitative estimate of drug-likeness (QED) is 0.252. The van der Waals surface area contributed by atoms with Gasteiger partial charge in [0.25, 0.3) is 0 Å². The third kappa shape index (κ3) is 8.28. The number of ether oxygens (including phenoxy) is 1. The summed E-state index contributed by atoms with van der Waals surface area (Å²) in [6.45, 7) is 0.672. The van der Waals surface area contributed by atoms with Crippen LogP contribution in [0.3, 0.4) is 0 Å². The Kier molecular flexibility index (Phi) is 9.69. The lowest BCUT2D eigenvalue weighted by Gasteiger charge is -2.23. The largest absolute Gasteiger partial charge is 0.494 e. The normalized spacial score (nSPS) is 12.2. The van der Waals surface area contributed by atoms with Crippen LogP contribution in [0.2, 0.25) is 0 Å². The van der Waals surface area contributed by atoms with Crippen LogP contribution in [-0.2, 0) is 35.6 Å². The molecular weight excluding hydrogens is 510 g/mol. The van der Waals surface area contributed by atoms with E-state index in [0.717, 1.165) is 17.9 Å². The lowest BCUT2D eigenvalue weighted by atomic mass is 10.1. The molecule has 0 aliphatic carbocycles. The molecule has 1 N–H and O–H groups in total. The van der Waals surface area contributed by atoms with Gasteiger partial charge < -0.3 is 9.84 Å². The fourth-order valence-corrected chi connectivity index (χ4v) is 4.88. The first-order valence-corrected chi connectivity index (χ1v) is 13.6. The van der Waals surface area contributed by atoms with Crippen LogP contribution in [-0.4, -0.2) is 44.4 Å². The van der Waals surface area contributed by atoms with Gasteiger partial charge in [0, 0.05) is 31.5 Å². The summed E-state index contributed by atoms with van der Waals surface area (Å²) in [6.07, 6.45) is -2.64. The Balaban J connectivity index is 1.68. The fraction of sp³-hybridized carbons (Fsp3) is 0.333. The van der Waals surface area contributed by atoms with Crippen molar-refractivity contribution in [3.8, 4) is 5.75 Å². The maximum absolute atomic E-state index is 14.7. The van der Waals surface area contributed by atoms with Gasteiger partial charge in [-0.05, 0) is 42.2 Å². The zero-order chi connectivity index (χ0) is 27.1. The number of halogens is 4. The topological polar surface area (TPSA) is 66.8 Å². The van der Waals surface area contributed by atoms with Crippen molar-refractivity contribution in [1.29, 1.82) is 0 Å². The maximum Gasteiger partial charge on any atom is 0.419 e. The van der Waals surface area contributed by atoms with Gasteiger partial charge in [-0.2, -0.15) is 13.2 Å². The lowest BCUT2D eigenvalue weighted by Crippen LogP contribution is -2.28. The average Bonchev–Trinajstić information content (AvgIpc) is 2.85. The summed E-state index contributed by atoms with van der Waals surface area (Å²) in [4.78, 5) is 1.85. The standard InChI is InChI=1S/C27H29F4NO4S/c1-37(34,35)25-17-23(12-11-22(25)19-33)36-16-6-14-32(15-13-20-7-3-2-4-8-20)18-21-9-5-10-24(26(21)28)27(29,30)31/h2-5,7-12,17,33H,6,13-16,18-19H2,1H3. The highest BCUT2D eigenvalue weighted by Gasteiger charge is 2.34. The van der Waals surface area contributed by atoms with Crippen LogP contribution in [0.5, 0.6) is 5.75 Å². The molecule has 0 spiro atoms. The van der Waals surface area contributed by atoms with Gasteiger partial charge in [0.05, 0.1) is 23.7 Å². The van der Waals surface area contributed by atoms with Crippen molar-refractivity contribution >= 4 is 9.84 Å². The number of benzene rings is 3. The molecule has 0 saturated carbocycles. The summed E-state index contributed by atoms with van der Waals surface area (Å²) < 4.78 is 83.8. The van der Waals surface area contributed by atoms with Crippen LogP contribution in [0.15, 0.2) is 71.6 Å². The van der Waals surface area contributed by atoms with E-state index in [1.165, 1.54) is 24.3 Å². The van der Waals surface area contributed by atoms with Crippen LogP contribution in [0.25, 0.3) is 0 Å².